The van der Waals surface area contributed by atoms with Gasteiger partial charge in [-0.25, -0.2) is 0 Å². The Kier molecular flexibility index (Phi) is 4.75. The molecule has 0 unspecified atom stereocenters. The van der Waals surface area contributed by atoms with E-state index >= 15 is 0 Å². The Labute approximate surface area is 137 Å². The fourth-order valence-corrected chi connectivity index (χ4v) is 2.47. The first kappa shape index (κ1) is 17.1. The van der Waals surface area contributed by atoms with Gasteiger partial charge in [-0.15, -0.1) is 0 Å². The molecule has 1 aliphatic rings. The van der Waals surface area contributed by atoms with E-state index in [0.29, 0.717) is 11.3 Å². The Morgan fingerprint density at radius 3 is 2.27 bits per heavy atom. The molecule has 0 aromatic heterocycles. The number of benzene rings is 1. The molecular weight excluding hydrogens is 297 g/mol. The molecule has 2 N–H and O–H groups in total. The third-order valence-corrected chi connectivity index (χ3v) is 4.67. The monoisotopic (exact) mass is 319 g/mol. The van der Waals surface area contributed by atoms with Crippen molar-refractivity contribution in [2.45, 2.75) is 38.9 Å². The molecule has 1 amide bonds. The van der Waals surface area contributed by atoms with Crippen LogP contribution in [0.2, 0.25) is 0 Å². The number of hydrogen-bond acceptors (Lipinski definition) is 4. The van der Waals surface area contributed by atoms with Crippen molar-refractivity contribution in [3.63, 3.8) is 0 Å². The molecule has 2 rings (SSSR count). The number of carbonyl (C=O) groups is 1. The van der Waals surface area contributed by atoms with Crippen LogP contribution in [0.25, 0.3) is 6.08 Å². The molecule has 0 radical (unpaired) electrons. The largest absolute Gasteiger partial charge is 0.491 e. The fourth-order valence-electron chi connectivity index (χ4n) is 2.23. The van der Waals surface area contributed by atoms with E-state index in [1.165, 1.54) is 0 Å². The normalized spacial score (nSPS) is 20.2. The number of carbonyl (C=O) groups excluding carboxylic acids is 1. The van der Waals surface area contributed by atoms with Gasteiger partial charge >= 0.3 is 7.12 Å². The van der Waals surface area contributed by atoms with Crippen LogP contribution >= 0.6 is 12.6 Å². The van der Waals surface area contributed by atoms with Crippen molar-refractivity contribution < 1.29 is 14.1 Å². The lowest BCUT2D eigenvalue weighted by Crippen LogP contribution is -2.41. The molecule has 22 heavy (non-hydrogen) atoms. The first-order valence-corrected chi connectivity index (χ1v) is 7.87. The maximum absolute atomic E-state index is 11.5. The molecule has 0 atom stereocenters. The van der Waals surface area contributed by atoms with E-state index in [2.05, 4.69) is 12.6 Å². The van der Waals surface area contributed by atoms with Gasteiger partial charge < -0.3 is 15.0 Å². The van der Waals surface area contributed by atoms with Crippen molar-refractivity contribution in [1.82, 2.24) is 0 Å². The first-order valence-electron chi connectivity index (χ1n) is 7.24. The maximum Gasteiger partial charge on any atom is 0.491 e. The van der Waals surface area contributed by atoms with Gasteiger partial charge in [0.25, 0.3) is 0 Å². The molecule has 1 heterocycles. The van der Waals surface area contributed by atoms with Gasteiger partial charge in [0.15, 0.2) is 0 Å². The Balaban J connectivity index is 2.36. The minimum atomic E-state index is -0.483. The van der Waals surface area contributed by atoms with E-state index in [1.807, 2.05) is 45.9 Å². The average molecular weight is 319 g/mol. The molecule has 1 aromatic rings. The summed E-state index contributed by atoms with van der Waals surface area (Å²) in [6, 6.07) is 7.19. The predicted octanol–water partition coefficient (Wildman–Crippen LogP) is 2.73. The lowest BCUT2D eigenvalue weighted by Gasteiger charge is -2.32. The highest BCUT2D eigenvalue weighted by atomic mass is 32.1. The Morgan fingerprint density at radius 1 is 1.23 bits per heavy atom. The van der Waals surface area contributed by atoms with E-state index in [1.54, 1.807) is 12.1 Å². The average Bonchev–Trinajstić information content (AvgIpc) is 2.64. The van der Waals surface area contributed by atoms with Crippen molar-refractivity contribution in [3.05, 3.63) is 40.9 Å². The second-order valence-electron chi connectivity index (χ2n) is 6.42. The minimum absolute atomic E-state index is 0.414. The van der Waals surface area contributed by atoms with Crippen LogP contribution in [0.15, 0.2) is 29.7 Å². The van der Waals surface area contributed by atoms with Crippen LogP contribution in [0.3, 0.4) is 0 Å². The summed E-state index contributed by atoms with van der Waals surface area (Å²) in [6.07, 6.45) is 1.87. The third-order valence-electron chi connectivity index (χ3n) is 4.31. The lowest BCUT2D eigenvalue weighted by molar-refractivity contribution is 0.00578. The van der Waals surface area contributed by atoms with Crippen LogP contribution in [-0.4, -0.2) is 30.0 Å². The zero-order valence-electron chi connectivity index (χ0n) is 13.4. The summed E-state index contributed by atoms with van der Waals surface area (Å²) in [5.74, 6) is 0.00323. The third kappa shape index (κ3) is 3.24. The van der Waals surface area contributed by atoms with Gasteiger partial charge in [0.2, 0.25) is 5.91 Å². The molecule has 4 nitrogen and oxygen atoms in total. The molecule has 1 fully saturated rings. The van der Waals surface area contributed by atoms with E-state index in [-0.39, 0.29) is 0 Å². The van der Waals surface area contributed by atoms with Gasteiger partial charge in [0.05, 0.1) is 11.2 Å². The number of primary amides is 1. The molecule has 1 aliphatic heterocycles. The molecule has 0 aliphatic carbocycles. The van der Waals surface area contributed by atoms with Gasteiger partial charge in [-0.05, 0) is 44.8 Å². The molecule has 6 heteroatoms. The van der Waals surface area contributed by atoms with Crippen LogP contribution < -0.4 is 5.73 Å². The summed E-state index contributed by atoms with van der Waals surface area (Å²) in [7, 11) is -0.483. The standard InChI is InChI=1S/C16H22BNO3S/c1-15(2)16(3,4)21-17(20-15)12(10-22)9-11-7-5-6-8-13(11)14(18)19/h5-9,22H,10H2,1-4H3,(H2,18,19). The summed E-state index contributed by atoms with van der Waals surface area (Å²) in [5.41, 5.74) is 6.67. The van der Waals surface area contributed by atoms with E-state index in [9.17, 15) is 4.79 Å². The van der Waals surface area contributed by atoms with Crippen LogP contribution in [0.5, 0.6) is 0 Å². The van der Waals surface area contributed by atoms with Gasteiger partial charge in [0, 0.05) is 11.3 Å². The molecule has 0 bridgehead atoms. The highest BCUT2D eigenvalue weighted by molar-refractivity contribution is 7.80. The lowest BCUT2D eigenvalue weighted by atomic mass is 9.78. The van der Waals surface area contributed by atoms with Crippen molar-refractivity contribution in [2.75, 3.05) is 5.75 Å². The van der Waals surface area contributed by atoms with E-state index in [0.717, 1.165) is 11.0 Å². The molecule has 0 spiro atoms. The molecular formula is C16H22BNO3S. The van der Waals surface area contributed by atoms with Crippen LogP contribution in [0.1, 0.15) is 43.6 Å². The van der Waals surface area contributed by atoms with Crippen LogP contribution in [0.4, 0.5) is 0 Å². The zero-order valence-corrected chi connectivity index (χ0v) is 14.3. The molecule has 1 aromatic carbocycles. The second kappa shape index (κ2) is 6.10. The number of rotatable bonds is 4. The van der Waals surface area contributed by atoms with Crippen molar-refractivity contribution >= 4 is 31.7 Å². The molecule has 0 saturated carbocycles. The summed E-state index contributed by atoms with van der Waals surface area (Å²) in [6.45, 7) is 8.00. The summed E-state index contributed by atoms with van der Waals surface area (Å²) in [4.78, 5) is 11.5. The minimum Gasteiger partial charge on any atom is -0.400 e. The predicted molar refractivity (Wildman–Crippen MR) is 92.9 cm³/mol. The van der Waals surface area contributed by atoms with E-state index < -0.39 is 24.2 Å². The van der Waals surface area contributed by atoms with Crippen molar-refractivity contribution in [2.24, 2.45) is 5.73 Å². The Bertz CT molecular complexity index is 597. The highest BCUT2D eigenvalue weighted by Gasteiger charge is 2.52. The second-order valence-corrected chi connectivity index (χ2v) is 6.73. The summed E-state index contributed by atoms with van der Waals surface area (Å²) >= 11 is 4.38. The fraction of sp³-hybridized carbons (Fsp3) is 0.438. The molecule has 1 saturated heterocycles. The van der Waals surface area contributed by atoms with Crippen LogP contribution in [-0.2, 0) is 9.31 Å². The molecule has 118 valence electrons. The summed E-state index contributed by atoms with van der Waals surface area (Å²) < 4.78 is 12.1. The van der Waals surface area contributed by atoms with Gasteiger partial charge in [-0.2, -0.15) is 12.6 Å². The maximum atomic E-state index is 11.5. The zero-order chi connectivity index (χ0) is 16.5. The SMILES string of the molecule is CC1(C)OB(C(=Cc2ccccc2C(N)=O)CS)OC1(C)C. The van der Waals surface area contributed by atoms with Crippen molar-refractivity contribution in [1.29, 1.82) is 0 Å². The Morgan fingerprint density at radius 2 is 1.77 bits per heavy atom. The van der Waals surface area contributed by atoms with Crippen molar-refractivity contribution in [3.8, 4) is 0 Å². The quantitative estimate of drug-likeness (QED) is 0.663. The van der Waals surface area contributed by atoms with E-state index in [4.69, 9.17) is 15.0 Å². The summed E-state index contributed by atoms with van der Waals surface area (Å²) in [5, 5.41) is 0. The highest BCUT2D eigenvalue weighted by Crippen LogP contribution is 2.39. The number of nitrogens with two attached hydrogens (primary N) is 1. The number of hydrogen-bond donors (Lipinski definition) is 2. The Hall–Kier alpha value is -1.24. The van der Waals surface area contributed by atoms with Gasteiger partial charge in [-0.3, -0.25) is 4.79 Å². The smallest absolute Gasteiger partial charge is 0.400 e. The van der Waals surface area contributed by atoms with Gasteiger partial charge in [0.1, 0.15) is 0 Å². The number of amides is 1. The first-order chi connectivity index (χ1) is 10.2. The van der Waals surface area contributed by atoms with Gasteiger partial charge in [-0.1, -0.05) is 24.3 Å². The topological polar surface area (TPSA) is 61.5 Å². The van der Waals surface area contributed by atoms with Crippen LogP contribution in [0, 0.1) is 0 Å². The number of thiol groups is 1.